The van der Waals surface area contributed by atoms with Crippen LogP contribution in [0.25, 0.3) is 0 Å². The van der Waals surface area contributed by atoms with E-state index < -0.39 is 10.0 Å². The molecule has 0 aliphatic carbocycles. The van der Waals surface area contributed by atoms with Crippen molar-refractivity contribution in [2.24, 2.45) is 5.92 Å². The molecular weight excluding hydrogens is 459 g/mol. The molecule has 0 aromatic heterocycles. The van der Waals surface area contributed by atoms with Crippen LogP contribution < -0.4 is 0 Å². The number of sulfonamides is 1. The lowest BCUT2D eigenvalue weighted by molar-refractivity contribution is -0.137. The summed E-state index contributed by atoms with van der Waals surface area (Å²) in [5.41, 5.74) is 0.457. The second-order valence-electron chi connectivity index (χ2n) is 7.08. The Labute approximate surface area is 179 Å². The molecule has 156 valence electrons. The number of halogens is 2. The van der Waals surface area contributed by atoms with Gasteiger partial charge in [0.1, 0.15) is 5.82 Å². The minimum absolute atomic E-state index is 0.0522. The fraction of sp³-hybridized carbons (Fsp3) is 0.381. The molecule has 2 aromatic carbocycles. The highest BCUT2D eigenvalue weighted by atomic mass is 79.9. The van der Waals surface area contributed by atoms with Crippen molar-refractivity contribution in [1.82, 2.24) is 9.21 Å². The predicted octanol–water partition coefficient (Wildman–Crippen LogP) is 4.04. The SMILES string of the molecule is CCN(Cc1cc(Br)ccc1F)C(=O)C1CCN(S(=O)(=O)c2ccccc2)CC1. The largest absolute Gasteiger partial charge is 0.338 e. The third kappa shape index (κ3) is 5.05. The Morgan fingerprint density at radius 2 is 1.83 bits per heavy atom. The summed E-state index contributed by atoms with van der Waals surface area (Å²) in [5.74, 6) is -0.653. The summed E-state index contributed by atoms with van der Waals surface area (Å²) >= 11 is 3.33. The molecule has 2 aromatic rings. The topological polar surface area (TPSA) is 57.7 Å². The van der Waals surface area contributed by atoms with Crippen LogP contribution in [0.15, 0.2) is 57.9 Å². The number of carbonyl (C=O) groups is 1. The van der Waals surface area contributed by atoms with E-state index >= 15 is 0 Å². The van der Waals surface area contributed by atoms with Crippen LogP contribution in [0.3, 0.4) is 0 Å². The van der Waals surface area contributed by atoms with Crippen molar-refractivity contribution in [3.8, 4) is 0 Å². The van der Waals surface area contributed by atoms with E-state index in [1.807, 2.05) is 6.92 Å². The average molecular weight is 483 g/mol. The van der Waals surface area contributed by atoms with Gasteiger partial charge in [-0.3, -0.25) is 4.79 Å². The number of carbonyl (C=O) groups excluding carboxylic acids is 1. The number of amides is 1. The maximum Gasteiger partial charge on any atom is 0.243 e. The van der Waals surface area contributed by atoms with Gasteiger partial charge in [-0.1, -0.05) is 34.1 Å². The van der Waals surface area contributed by atoms with Crippen LogP contribution in [0, 0.1) is 11.7 Å². The molecule has 0 spiro atoms. The zero-order valence-electron chi connectivity index (χ0n) is 16.2. The summed E-state index contributed by atoms with van der Waals surface area (Å²) in [4.78, 5) is 14.9. The molecule has 1 aliphatic heterocycles. The van der Waals surface area contributed by atoms with E-state index in [9.17, 15) is 17.6 Å². The van der Waals surface area contributed by atoms with Crippen molar-refractivity contribution >= 4 is 31.9 Å². The van der Waals surface area contributed by atoms with Gasteiger partial charge in [-0.05, 0) is 50.1 Å². The number of piperidine rings is 1. The summed E-state index contributed by atoms with van der Waals surface area (Å²) in [6.45, 7) is 3.13. The van der Waals surface area contributed by atoms with E-state index in [4.69, 9.17) is 0 Å². The monoisotopic (exact) mass is 482 g/mol. The molecule has 0 saturated carbocycles. The van der Waals surface area contributed by atoms with Crippen molar-refractivity contribution < 1.29 is 17.6 Å². The van der Waals surface area contributed by atoms with Crippen LogP contribution >= 0.6 is 15.9 Å². The molecule has 1 amide bonds. The summed E-state index contributed by atoms with van der Waals surface area (Å²) in [6, 6.07) is 13.0. The molecule has 0 N–H and O–H groups in total. The normalized spacial score (nSPS) is 16.0. The zero-order chi connectivity index (χ0) is 21.0. The van der Waals surface area contributed by atoms with Crippen molar-refractivity contribution in [3.63, 3.8) is 0 Å². The summed E-state index contributed by atoms with van der Waals surface area (Å²) in [5, 5.41) is 0. The Balaban J connectivity index is 1.65. The molecule has 1 fully saturated rings. The molecule has 0 radical (unpaired) electrons. The molecule has 3 rings (SSSR count). The van der Waals surface area contributed by atoms with Crippen LogP contribution in [0.1, 0.15) is 25.3 Å². The number of hydrogen-bond acceptors (Lipinski definition) is 3. The fourth-order valence-electron chi connectivity index (χ4n) is 3.56. The molecule has 1 aliphatic rings. The first kappa shape index (κ1) is 21.9. The van der Waals surface area contributed by atoms with Gasteiger partial charge in [0.2, 0.25) is 15.9 Å². The lowest BCUT2D eigenvalue weighted by Gasteiger charge is -2.33. The Morgan fingerprint density at radius 3 is 2.45 bits per heavy atom. The Morgan fingerprint density at radius 1 is 1.17 bits per heavy atom. The van der Waals surface area contributed by atoms with E-state index in [0.717, 1.165) is 4.47 Å². The van der Waals surface area contributed by atoms with E-state index in [0.29, 0.717) is 38.0 Å². The average Bonchev–Trinajstić information content (AvgIpc) is 2.74. The lowest BCUT2D eigenvalue weighted by Crippen LogP contribution is -2.44. The highest BCUT2D eigenvalue weighted by Crippen LogP contribution is 2.26. The van der Waals surface area contributed by atoms with Crippen molar-refractivity contribution in [3.05, 3.63) is 64.4 Å². The van der Waals surface area contributed by atoms with E-state index in [1.165, 1.54) is 10.4 Å². The molecule has 5 nitrogen and oxygen atoms in total. The molecule has 0 bridgehead atoms. The third-order valence-corrected chi connectivity index (χ3v) is 7.65. The summed E-state index contributed by atoms with van der Waals surface area (Å²) in [7, 11) is -3.54. The van der Waals surface area contributed by atoms with Gasteiger partial charge < -0.3 is 4.90 Å². The number of hydrogen-bond donors (Lipinski definition) is 0. The highest BCUT2D eigenvalue weighted by Gasteiger charge is 2.33. The van der Waals surface area contributed by atoms with Crippen LogP contribution in [-0.2, 0) is 21.4 Å². The number of benzene rings is 2. The quantitative estimate of drug-likeness (QED) is 0.624. The zero-order valence-corrected chi connectivity index (χ0v) is 18.6. The Bertz CT molecular complexity index is 961. The number of rotatable bonds is 6. The molecule has 0 unspecified atom stereocenters. The van der Waals surface area contributed by atoms with E-state index in [1.54, 1.807) is 47.4 Å². The Hall–Kier alpha value is -1.77. The van der Waals surface area contributed by atoms with Crippen LogP contribution in [0.5, 0.6) is 0 Å². The van der Waals surface area contributed by atoms with Gasteiger partial charge in [-0.15, -0.1) is 0 Å². The van der Waals surface area contributed by atoms with Gasteiger partial charge in [0, 0.05) is 42.1 Å². The first-order valence-corrected chi connectivity index (χ1v) is 11.8. The smallest absolute Gasteiger partial charge is 0.243 e. The molecule has 0 atom stereocenters. The maximum absolute atomic E-state index is 14.1. The minimum Gasteiger partial charge on any atom is -0.338 e. The first-order valence-electron chi connectivity index (χ1n) is 9.61. The van der Waals surface area contributed by atoms with Gasteiger partial charge in [0.25, 0.3) is 0 Å². The number of nitrogens with zero attached hydrogens (tertiary/aromatic N) is 2. The van der Waals surface area contributed by atoms with Gasteiger partial charge in [-0.2, -0.15) is 4.31 Å². The van der Waals surface area contributed by atoms with Crippen LogP contribution in [-0.4, -0.2) is 43.2 Å². The Kier molecular flexibility index (Phi) is 7.08. The van der Waals surface area contributed by atoms with Crippen LogP contribution in [0.4, 0.5) is 4.39 Å². The highest BCUT2D eigenvalue weighted by molar-refractivity contribution is 9.10. The van der Waals surface area contributed by atoms with Gasteiger partial charge in [0.15, 0.2) is 0 Å². The van der Waals surface area contributed by atoms with E-state index in [-0.39, 0.29) is 29.1 Å². The second-order valence-corrected chi connectivity index (χ2v) is 9.93. The molecule has 1 saturated heterocycles. The van der Waals surface area contributed by atoms with Gasteiger partial charge >= 0.3 is 0 Å². The first-order chi connectivity index (χ1) is 13.8. The summed E-state index contributed by atoms with van der Waals surface area (Å²) < 4.78 is 41.8. The molecule has 29 heavy (non-hydrogen) atoms. The third-order valence-electron chi connectivity index (χ3n) is 5.25. The lowest BCUT2D eigenvalue weighted by atomic mass is 9.96. The molecule has 1 heterocycles. The van der Waals surface area contributed by atoms with Crippen molar-refractivity contribution in [1.29, 1.82) is 0 Å². The maximum atomic E-state index is 14.1. The van der Waals surface area contributed by atoms with Crippen LogP contribution in [0.2, 0.25) is 0 Å². The van der Waals surface area contributed by atoms with Crippen molar-refractivity contribution in [2.45, 2.75) is 31.2 Å². The molecule has 8 heteroatoms. The predicted molar refractivity (Wildman–Crippen MR) is 113 cm³/mol. The second kappa shape index (κ2) is 9.36. The van der Waals surface area contributed by atoms with Gasteiger partial charge in [0.05, 0.1) is 4.90 Å². The minimum atomic E-state index is -3.54. The summed E-state index contributed by atoms with van der Waals surface area (Å²) in [6.07, 6.45) is 0.921. The molecular formula is C21H24BrFN2O3S. The fourth-order valence-corrected chi connectivity index (χ4v) is 5.46. The van der Waals surface area contributed by atoms with Gasteiger partial charge in [-0.25, -0.2) is 12.8 Å². The standard InChI is InChI=1S/C21H24BrFN2O3S/c1-2-24(15-17-14-18(22)8-9-20(17)23)21(26)16-10-12-25(13-11-16)29(27,28)19-6-4-3-5-7-19/h3-9,14,16H,2,10-13,15H2,1H3. The van der Waals surface area contributed by atoms with E-state index in [2.05, 4.69) is 15.9 Å². The van der Waals surface area contributed by atoms with Crippen molar-refractivity contribution in [2.75, 3.05) is 19.6 Å².